The summed E-state index contributed by atoms with van der Waals surface area (Å²) in [4.78, 5) is 46.4. The Labute approximate surface area is 187 Å². The summed E-state index contributed by atoms with van der Waals surface area (Å²) in [6, 6.07) is -1.12. The molecule has 0 radical (unpaired) electrons. The van der Waals surface area contributed by atoms with E-state index in [1.807, 2.05) is 0 Å². The van der Waals surface area contributed by atoms with Gasteiger partial charge in [-0.05, 0) is 20.8 Å². The van der Waals surface area contributed by atoms with Gasteiger partial charge in [0.15, 0.2) is 11.0 Å². The molecule has 0 N–H and O–H groups in total. The fourth-order valence-corrected chi connectivity index (χ4v) is 3.53. The summed E-state index contributed by atoms with van der Waals surface area (Å²) < 4.78 is 24.8. The molecule has 0 aliphatic carbocycles. The molecule has 0 spiro atoms. The highest BCUT2D eigenvalue weighted by Crippen LogP contribution is 2.38. The van der Waals surface area contributed by atoms with Gasteiger partial charge in [0.1, 0.15) is 29.0 Å². The molecule has 1 fully saturated rings. The van der Waals surface area contributed by atoms with Gasteiger partial charge < -0.3 is 19.3 Å². The van der Waals surface area contributed by atoms with E-state index in [4.69, 9.17) is 21.1 Å². The van der Waals surface area contributed by atoms with E-state index in [0.29, 0.717) is 0 Å². The van der Waals surface area contributed by atoms with Crippen molar-refractivity contribution in [1.29, 1.82) is 0 Å². The Hall–Kier alpha value is -3.28. The van der Waals surface area contributed by atoms with Crippen molar-refractivity contribution in [2.45, 2.75) is 32.4 Å². The fraction of sp³-hybridized carbons (Fsp3) is 0.474. The maximum atomic E-state index is 14.5. The van der Waals surface area contributed by atoms with E-state index in [-0.39, 0.29) is 36.2 Å². The smallest absolute Gasteiger partial charge is 0.410 e. The van der Waals surface area contributed by atoms with E-state index in [1.165, 1.54) is 9.80 Å². The lowest BCUT2D eigenvalue weighted by Crippen LogP contribution is -2.59. The number of rotatable bonds is 3. The van der Waals surface area contributed by atoms with Crippen molar-refractivity contribution in [2.75, 3.05) is 31.6 Å². The summed E-state index contributed by atoms with van der Waals surface area (Å²) in [5.41, 5.74) is -1.51. The highest BCUT2D eigenvalue weighted by molar-refractivity contribution is 6.30. The minimum absolute atomic E-state index is 0.000668. The van der Waals surface area contributed by atoms with Crippen LogP contribution in [0.25, 0.3) is 10.9 Å². The monoisotopic (exact) mass is 469 g/mol. The lowest BCUT2D eigenvalue weighted by molar-refractivity contribution is -0.384. The maximum absolute atomic E-state index is 14.5. The summed E-state index contributed by atoms with van der Waals surface area (Å²) in [5, 5.41) is 11.3. The van der Waals surface area contributed by atoms with Crippen LogP contribution in [0, 0.1) is 15.9 Å². The van der Waals surface area contributed by atoms with Crippen molar-refractivity contribution < 1.29 is 28.4 Å². The number of amides is 1. The molecule has 1 atom stereocenters. The number of methoxy groups -OCH3 is 1. The van der Waals surface area contributed by atoms with Crippen molar-refractivity contribution in [1.82, 2.24) is 14.9 Å². The first kappa shape index (κ1) is 23.4. The molecule has 1 saturated heterocycles. The SMILES string of the molecule is COC(=O)[C@@H]1CN(C(=O)OC(C)(C)C)CCN1c1c([N+](=O)[O-])cnc2c(F)c(Cl)ncc12. The third-order valence-electron chi connectivity index (χ3n) is 4.75. The van der Waals surface area contributed by atoms with Crippen LogP contribution in [0.1, 0.15) is 20.8 Å². The van der Waals surface area contributed by atoms with Crippen LogP contribution in [0.4, 0.5) is 20.6 Å². The number of hydrogen-bond acceptors (Lipinski definition) is 9. The summed E-state index contributed by atoms with van der Waals surface area (Å²) in [6.45, 7) is 5.05. The van der Waals surface area contributed by atoms with Crippen LogP contribution in [0.5, 0.6) is 0 Å². The number of halogens is 2. The third-order valence-corrected chi connectivity index (χ3v) is 5.02. The molecule has 0 bridgehead atoms. The summed E-state index contributed by atoms with van der Waals surface area (Å²) in [7, 11) is 1.16. The van der Waals surface area contributed by atoms with Gasteiger partial charge in [0.25, 0.3) is 0 Å². The largest absolute Gasteiger partial charge is 0.467 e. The number of pyridine rings is 2. The Morgan fingerprint density at radius 1 is 1.28 bits per heavy atom. The topological polar surface area (TPSA) is 128 Å². The van der Waals surface area contributed by atoms with E-state index in [2.05, 4.69) is 9.97 Å². The second-order valence-electron chi connectivity index (χ2n) is 8.03. The van der Waals surface area contributed by atoms with E-state index in [1.54, 1.807) is 20.8 Å². The van der Waals surface area contributed by atoms with Gasteiger partial charge in [-0.3, -0.25) is 10.1 Å². The van der Waals surface area contributed by atoms with E-state index in [0.717, 1.165) is 19.5 Å². The average molecular weight is 470 g/mol. The Balaban J connectivity index is 2.10. The molecule has 1 amide bonds. The molecular weight excluding hydrogens is 449 g/mol. The van der Waals surface area contributed by atoms with Crippen LogP contribution in [0.3, 0.4) is 0 Å². The van der Waals surface area contributed by atoms with Crippen molar-refractivity contribution >= 4 is 45.9 Å². The minimum Gasteiger partial charge on any atom is -0.467 e. The number of esters is 1. The molecule has 0 saturated carbocycles. The molecule has 3 heterocycles. The molecule has 32 heavy (non-hydrogen) atoms. The normalized spacial score (nSPS) is 16.8. The van der Waals surface area contributed by atoms with Crippen LogP contribution >= 0.6 is 11.6 Å². The Morgan fingerprint density at radius 3 is 2.56 bits per heavy atom. The van der Waals surface area contributed by atoms with Crippen molar-refractivity contribution in [3.63, 3.8) is 0 Å². The second-order valence-corrected chi connectivity index (χ2v) is 8.39. The first-order valence-corrected chi connectivity index (χ1v) is 9.92. The van der Waals surface area contributed by atoms with E-state index >= 15 is 0 Å². The van der Waals surface area contributed by atoms with Gasteiger partial charge in [-0.15, -0.1) is 0 Å². The molecular formula is C19H21ClFN5O6. The van der Waals surface area contributed by atoms with Gasteiger partial charge in [0.2, 0.25) is 0 Å². The molecule has 2 aromatic rings. The van der Waals surface area contributed by atoms with Crippen LogP contribution < -0.4 is 4.90 Å². The van der Waals surface area contributed by atoms with Gasteiger partial charge in [0.05, 0.1) is 24.0 Å². The summed E-state index contributed by atoms with van der Waals surface area (Å²) in [5.74, 6) is -1.68. The number of hydrogen-bond donors (Lipinski definition) is 0. The summed E-state index contributed by atoms with van der Waals surface area (Å²) >= 11 is 5.73. The zero-order chi connectivity index (χ0) is 23.8. The molecule has 3 rings (SSSR count). The Bertz CT molecular complexity index is 1090. The lowest BCUT2D eigenvalue weighted by atomic mass is 10.1. The highest BCUT2D eigenvalue weighted by Gasteiger charge is 2.40. The lowest BCUT2D eigenvalue weighted by Gasteiger charge is -2.41. The molecule has 172 valence electrons. The van der Waals surface area contributed by atoms with E-state index < -0.39 is 45.3 Å². The van der Waals surface area contributed by atoms with Gasteiger partial charge in [-0.2, -0.15) is 0 Å². The quantitative estimate of drug-likeness (QED) is 0.288. The fourth-order valence-electron chi connectivity index (χ4n) is 3.40. The molecule has 2 aromatic heterocycles. The number of carbonyl (C=O) groups excluding carboxylic acids is 2. The van der Waals surface area contributed by atoms with E-state index in [9.17, 15) is 24.1 Å². The predicted octanol–water partition coefficient (Wildman–Crippen LogP) is 2.93. The van der Waals surface area contributed by atoms with Gasteiger partial charge in [-0.25, -0.2) is 23.9 Å². The highest BCUT2D eigenvalue weighted by atomic mass is 35.5. The zero-order valence-electron chi connectivity index (χ0n) is 17.8. The Morgan fingerprint density at radius 2 is 1.97 bits per heavy atom. The van der Waals surface area contributed by atoms with Gasteiger partial charge >= 0.3 is 17.7 Å². The number of ether oxygens (including phenoxy) is 2. The molecule has 0 unspecified atom stereocenters. The van der Waals surface area contributed by atoms with Crippen molar-refractivity contribution in [3.05, 3.63) is 33.5 Å². The third kappa shape index (κ3) is 4.49. The summed E-state index contributed by atoms with van der Waals surface area (Å²) in [6.07, 6.45) is 1.41. The number of fused-ring (bicyclic) bond motifs is 1. The predicted molar refractivity (Wildman–Crippen MR) is 112 cm³/mol. The maximum Gasteiger partial charge on any atom is 0.410 e. The Kier molecular flexibility index (Phi) is 6.35. The first-order valence-electron chi connectivity index (χ1n) is 9.54. The van der Waals surface area contributed by atoms with Crippen LogP contribution in [0.2, 0.25) is 5.15 Å². The molecule has 1 aliphatic rings. The number of nitro groups is 1. The van der Waals surface area contributed by atoms with Crippen molar-refractivity contribution in [2.24, 2.45) is 0 Å². The number of carbonyl (C=O) groups is 2. The molecule has 1 aliphatic heterocycles. The van der Waals surface area contributed by atoms with Gasteiger partial charge in [0, 0.05) is 19.3 Å². The number of nitrogens with zero attached hydrogens (tertiary/aromatic N) is 5. The molecule has 0 aromatic carbocycles. The average Bonchev–Trinajstić information content (AvgIpc) is 2.73. The van der Waals surface area contributed by atoms with Crippen LogP contribution in [-0.2, 0) is 14.3 Å². The zero-order valence-corrected chi connectivity index (χ0v) is 18.6. The second kappa shape index (κ2) is 8.69. The first-order chi connectivity index (χ1) is 14.9. The van der Waals surface area contributed by atoms with Crippen LogP contribution in [0.15, 0.2) is 12.4 Å². The molecule has 13 heteroatoms. The minimum atomic E-state index is -1.12. The number of piperazine rings is 1. The van der Waals surface area contributed by atoms with Gasteiger partial charge in [-0.1, -0.05) is 11.6 Å². The van der Waals surface area contributed by atoms with Crippen molar-refractivity contribution in [3.8, 4) is 0 Å². The standard InChI is InChI=1S/C19H21ClFN5O6/c1-19(2,3)32-18(28)24-5-6-25(12(9-24)17(27)31-4)15-10-7-23-16(20)13(21)14(10)22-8-11(15)26(29)30/h7-8,12H,5-6,9H2,1-4H3/t12-/m0/s1. The van der Waals surface area contributed by atoms with Crippen LogP contribution in [-0.4, -0.2) is 70.2 Å². The molecule has 11 nitrogen and oxygen atoms in total. The number of anilines is 1. The number of aromatic nitrogens is 2.